The van der Waals surface area contributed by atoms with Gasteiger partial charge in [0, 0.05) is 21.9 Å². The van der Waals surface area contributed by atoms with Crippen molar-refractivity contribution in [3.63, 3.8) is 0 Å². The summed E-state index contributed by atoms with van der Waals surface area (Å²) in [4.78, 5) is 36.9. The highest BCUT2D eigenvalue weighted by Crippen LogP contribution is 2.31. The van der Waals surface area contributed by atoms with Crippen LogP contribution in [0.4, 0.5) is 10.5 Å². The molecule has 3 rings (SSSR count). The van der Waals surface area contributed by atoms with E-state index in [-0.39, 0.29) is 24.7 Å². The number of carbonyl (C=O) groups is 3. The van der Waals surface area contributed by atoms with Gasteiger partial charge in [0.1, 0.15) is 6.04 Å². The van der Waals surface area contributed by atoms with E-state index in [1.807, 2.05) is 24.3 Å². The first-order valence-corrected chi connectivity index (χ1v) is 9.49. The van der Waals surface area contributed by atoms with Crippen molar-refractivity contribution in [2.24, 2.45) is 0 Å². The Labute approximate surface area is 162 Å². The molecule has 3 N–H and O–H groups in total. The highest BCUT2D eigenvalue weighted by Gasteiger charge is 2.29. The minimum atomic E-state index is -0.639. The van der Waals surface area contributed by atoms with Crippen molar-refractivity contribution in [1.82, 2.24) is 10.6 Å². The van der Waals surface area contributed by atoms with Crippen LogP contribution in [0.3, 0.4) is 0 Å². The molecular weight excluding hydrogens is 362 g/mol. The molecule has 1 heterocycles. The van der Waals surface area contributed by atoms with Gasteiger partial charge in [0.2, 0.25) is 5.91 Å². The summed E-state index contributed by atoms with van der Waals surface area (Å²) >= 11 is 1.68. The fourth-order valence-electron chi connectivity index (χ4n) is 2.81. The molecular formula is C20H21N3O3S. The minimum absolute atomic E-state index is 0.150. The molecule has 1 atom stereocenters. The zero-order chi connectivity index (χ0) is 19.4. The van der Waals surface area contributed by atoms with Gasteiger partial charge in [0.25, 0.3) is 5.91 Å². The molecule has 0 aromatic heterocycles. The van der Waals surface area contributed by atoms with Gasteiger partial charge >= 0.3 is 6.03 Å². The zero-order valence-corrected chi connectivity index (χ0v) is 16.0. The molecule has 27 heavy (non-hydrogen) atoms. The Kier molecular flexibility index (Phi) is 5.81. The average Bonchev–Trinajstić information content (AvgIpc) is 2.94. The molecule has 1 saturated heterocycles. The number of urea groups is 1. The molecule has 0 unspecified atom stereocenters. The Bertz CT molecular complexity index is 881. The number of amides is 4. The molecule has 2 aromatic rings. The second-order valence-corrected chi connectivity index (χ2v) is 7.61. The summed E-state index contributed by atoms with van der Waals surface area (Å²) in [7, 11) is 0. The Balaban J connectivity index is 1.52. The molecule has 6 nitrogen and oxygen atoms in total. The highest BCUT2D eigenvalue weighted by molar-refractivity contribution is 7.99. The molecule has 0 aliphatic carbocycles. The van der Waals surface area contributed by atoms with Crippen molar-refractivity contribution in [3.05, 3.63) is 53.6 Å². The predicted octanol–water partition coefficient (Wildman–Crippen LogP) is 3.38. The molecule has 0 radical (unpaired) electrons. The summed E-state index contributed by atoms with van der Waals surface area (Å²) in [6.45, 7) is 4.17. The van der Waals surface area contributed by atoms with Crippen molar-refractivity contribution < 1.29 is 14.4 Å². The third kappa shape index (κ3) is 5.10. The smallest absolute Gasteiger partial charge is 0.322 e. The largest absolute Gasteiger partial charge is 0.326 e. The number of nitrogens with one attached hydrogen (secondary N) is 3. The standard InChI is InChI=1S/C20H21N3O3S/c1-12-3-9-17(13(2)11-12)27-15-6-4-14(5-7-15)21-18(24)10-8-16-19(25)23-20(26)22-16/h3-7,9,11,16H,8,10H2,1-2H3,(H,21,24)(H2,22,23,25,26)/t16-/m1/s1. The lowest BCUT2D eigenvalue weighted by atomic mass is 10.1. The van der Waals surface area contributed by atoms with E-state index < -0.39 is 12.1 Å². The summed E-state index contributed by atoms with van der Waals surface area (Å²) in [6.07, 6.45) is 0.418. The van der Waals surface area contributed by atoms with Crippen LogP contribution < -0.4 is 16.0 Å². The predicted molar refractivity (Wildman–Crippen MR) is 105 cm³/mol. The number of benzene rings is 2. The van der Waals surface area contributed by atoms with Gasteiger partial charge in [0.05, 0.1) is 0 Å². The van der Waals surface area contributed by atoms with Crippen LogP contribution in [-0.4, -0.2) is 23.9 Å². The lowest BCUT2D eigenvalue weighted by Gasteiger charge is -2.09. The molecule has 0 spiro atoms. The maximum absolute atomic E-state index is 12.0. The molecule has 1 fully saturated rings. The third-order valence-corrected chi connectivity index (χ3v) is 5.40. The lowest BCUT2D eigenvalue weighted by molar-refractivity contribution is -0.120. The molecule has 2 aromatic carbocycles. The van der Waals surface area contributed by atoms with Gasteiger partial charge in [-0.3, -0.25) is 14.9 Å². The summed E-state index contributed by atoms with van der Waals surface area (Å²) in [6, 6.07) is 12.8. The van der Waals surface area contributed by atoms with E-state index in [4.69, 9.17) is 0 Å². The quantitative estimate of drug-likeness (QED) is 0.668. The van der Waals surface area contributed by atoms with Gasteiger partial charge < -0.3 is 10.6 Å². The zero-order valence-electron chi connectivity index (χ0n) is 15.2. The normalized spacial score (nSPS) is 16.0. The molecule has 0 saturated carbocycles. The van der Waals surface area contributed by atoms with Gasteiger partial charge in [-0.05, 0) is 56.2 Å². The van der Waals surface area contributed by atoms with Gasteiger partial charge in [-0.25, -0.2) is 4.79 Å². The summed E-state index contributed by atoms with van der Waals surface area (Å²) < 4.78 is 0. The summed E-state index contributed by atoms with van der Waals surface area (Å²) in [5.74, 6) is -0.584. The van der Waals surface area contributed by atoms with E-state index in [1.54, 1.807) is 11.8 Å². The van der Waals surface area contributed by atoms with Crippen LogP contribution in [-0.2, 0) is 9.59 Å². The van der Waals surface area contributed by atoms with E-state index in [1.165, 1.54) is 16.0 Å². The summed E-state index contributed by atoms with van der Waals surface area (Å²) in [5.41, 5.74) is 3.18. The van der Waals surface area contributed by atoms with Crippen molar-refractivity contribution in [2.45, 2.75) is 42.5 Å². The number of imide groups is 1. The van der Waals surface area contributed by atoms with E-state index in [9.17, 15) is 14.4 Å². The number of rotatable bonds is 6. The van der Waals surface area contributed by atoms with Crippen molar-refractivity contribution in [3.8, 4) is 0 Å². The fraction of sp³-hybridized carbons (Fsp3) is 0.250. The van der Waals surface area contributed by atoms with Crippen molar-refractivity contribution in [1.29, 1.82) is 0 Å². The van der Waals surface area contributed by atoms with Crippen LogP contribution in [0, 0.1) is 13.8 Å². The van der Waals surface area contributed by atoms with E-state index in [2.05, 4.69) is 48.0 Å². The number of aryl methyl sites for hydroxylation is 2. The number of carbonyl (C=O) groups excluding carboxylic acids is 3. The SMILES string of the molecule is Cc1ccc(Sc2ccc(NC(=O)CC[C@H]3NC(=O)NC3=O)cc2)c(C)c1. The monoisotopic (exact) mass is 383 g/mol. The van der Waals surface area contributed by atoms with Crippen LogP contribution in [0.5, 0.6) is 0 Å². The van der Waals surface area contributed by atoms with Gasteiger partial charge in [-0.2, -0.15) is 0 Å². The Morgan fingerprint density at radius 2 is 1.85 bits per heavy atom. The van der Waals surface area contributed by atoms with Crippen LogP contribution in [0.15, 0.2) is 52.3 Å². The Hall–Kier alpha value is -2.80. The van der Waals surface area contributed by atoms with Gasteiger partial charge in [-0.15, -0.1) is 0 Å². The Morgan fingerprint density at radius 1 is 1.11 bits per heavy atom. The van der Waals surface area contributed by atoms with E-state index in [0.29, 0.717) is 5.69 Å². The van der Waals surface area contributed by atoms with Gasteiger partial charge in [0.15, 0.2) is 0 Å². The molecule has 4 amide bonds. The average molecular weight is 383 g/mol. The molecule has 1 aliphatic rings. The second-order valence-electron chi connectivity index (χ2n) is 6.50. The van der Waals surface area contributed by atoms with Crippen LogP contribution in [0.2, 0.25) is 0 Å². The third-order valence-electron chi connectivity index (χ3n) is 4.21. The van der Waals surface area contributed by atoms with Crippen molar-refractivity contribution >= 4 is 35.3 Å². The molecule has 1 aliphatic heterocycles. The highest BCUT2D eigenvalue weighted by atomic mass is 32.2. The summed E-state index contributed by atoms with van der Waals surface area (Å²) in [5, 5.41) is 7.44. The molecule has 0 bridgehead atoms. The number of anilines is 1. The number of hydrogen-bond acceptors (Lipinski definition) is 4. The second kappa shape index (κ2) is 8.26. The molecule has 7 heteroatoms. The Morgan fingerprint density at radius 3 is 2.48 bits per heavy atom. The first-order valence-electron chi connectivity index (χ1n) is 8.67. The maximum Gasteiger partial charge on any atom is 0.322 e. The lowest BCUT2D eigenvalue weighted by Crippen LogP contribution is -2.30. The fourth-order valence-corrected chi connectivity index (χ4v) is 3.69. The van der Waals surface area contributed by atoms with Crippen LogP contribution in [0.1, 0.15) is 24.0 Å². The van der Waals surface area contributed by atoms with Crippen molar-refractivity contribution in [2.75, 3.05) is 5.32 Å². The topological polar surface area (TPSA) is 87.3 Å². The maximum atomic E-state index is 12.0. The van der Waals surface area contributed by atoms with E-state index >= 15 is 0 Å². The van der Waals surface area contributed by atoms with Gasteiger partial charge in [-0.1, -0.05) is 29.5 Å². The van der Waals surface area contributed by atoms with Crippen LogP contribution >= 0.6 is 11.8 Å². The van der Waals surface area contributed by atoms with Crippen LogP contribution in [0.25, 0.3) is 0 Å². The van der Waals surface area contributed by atoms with E-state index in [0.717, 1.165) is 4.90 Å². The number of hydrogen-bond donors (Lipinski definition) is 3. The first-order chi connectivity index (χ1) is 12.9. The first kappa shape index (κ1) is 19.0. The molecule has 140 valence electrons. The minimum Gasteiger partial charge on any atom is -0.326 e.